The lowest BCUT2D eigenvalue weighted by Crippen LogP contribution is -2.50. The van der Waals surface area contributed by atoms with Crippen molar-refractivity contribution in [2.45, 2.75) is 37.8 Å². The van der Waals surface area contributed by atoms with Gasteiger partial charge < -0.3 is 14.7 Å². The van der Waals surface area contributed by atoms with Crippen LogP contribution < -0.4 is 4.74 Å². The summed E-state index contributed by atoms with van der Waals surface area (Å²) in [6, 6.07) is 8.07. The number of nitrogens with zero attached hydrogens (tertiary/aromatic N) is 3. The van der Waals surface area contributed by atoms with Crippen LogP contribution in [0.1, 0.15) is 20.8 Å². The van der Waals surface area contributed by atoms with E-state index in [2.05, 4.69) is 4.98 Å². The minimum absolute atomic E-state index is 0.0491. The first kappa shape index (κ1) is 23.2. The second kappa shape index (κ2) is 9.33. The van der Waals surface area contributed by atoms with E-state index in [0.29, 0.717) is 6.54 Å². The molecule has 31 heavy (non-hydrogen) atoms. The molecule has 3 rings (SSSR count). The predicted octanol–water partition coefficient (Wildman–Crippen LogP) is 2.00. The number of benzene rings is 1. The van der Waals surface area contributed by atoms with Crippen molar-refractivity contribution in [2.24, 2.45) is 5.92 Å². The maximum absolute atomic E-state index is 13.5. The second-order valence-corrected chi connectivity index (χ2v) is 9.90. The lowest BCUT2D eigenvalue weighted by Gasteiger charge is -2.37. The summed E-state index contributed by atoms with van der Waals surface area (Å²) < 4.78 is 34.5. The molecule has 1 aliphatic rings. The number of carbonyl (C=O) groups excluding carboxylic acids is 1. The van der Waals surface area contributed by atoms with E-state index in [1.807, 2.05) is 19.1 Å². The monoisotopic (exact) mass is 447 g/mol. The van der Waals surface area contributed by atoms with Gasteiger partial charge in [-0.2, -0.15) is 4.31 Å². The fourth-order valence-electron chi connectivity index (χ4n) is 3.57. The van der Waals surface area contributed by atoms with Crippen molar-refractivity contribution in [3.8, 4) is 16.9 Å². The average Bonchev–Trinajstić information content (AvgIpc) is 2.75. The van der Waals surface area contributed by atoms with Crippen molar-refractivity contribution in [1.29, 1.82) is 0 Å². The molecule has 0 fully saturated rings. The Bertz CT molecular complexity index is 1030. The van der Waals surface area contributed by atoms with Crippen molar-refractivity contribution < 1.29 is 23.1 Å². The summed E-state index contributed by atoms with van der Waals surface area (Å²) in [6.07, 6.45) is 2.91. The molecule has 9 heteroatoms. The normalized spacial score (nSPS) is 21.8. The van der Waals surface area contributed by atoms with E-state index in [1.54, 1.807) is 49.5 Å². The van der Waals surface area contributed by atoms with Gasteiger partial charge in [0.05, 0.1) is 13.2 Å². The van der Waals surface area contributed by atoms with Gasteiger partial charge in [0.2, 0.25) is 15.9 Å². The number of aliphatic hydroxyl groups is 1. The summed E-state index contributed by atoms with van der Waals surface area (Å²) in [5.74, 6) is -0.0851. The number of amides is 1. The summed E-state index contributed by atoms with van der Waals surface area (Å²) >= 11 is 0. The van der Waals surface area contributed by atoms with Crippen LogP contribution >= 0.6 is 0 Å². The van der Waals surface area contributed by atoms with Crippen LogP contribution in [0.25, 0.3) is 11.1 Å². The second-order valence-electron chi connectivity index (χ2n) is 8.04. The van der Waals surface area contributed by atoms with Crippen LogP contribution in [0, 0.1) is 5.92 Å². The number of pyridine rings is 1. The first-order chi connectivity index (χ1) is 14.6. The lowest BCUT2D eigenvalue weighted by molar-refractivity contribution is -0.129. The Kier molecular flexibility index (Phi) is 6.98. The average molecular weight is 448 g/mol. The molecule has 1 aromatic heterocycles. The number of aliphatic hydroxyl groups excluding tert-OH is 1. The van der Waals surface area contributed by atoms with Crippen molar-refractivity contribution in [3.05, 3.63) is 42.7 Å². The Morgan fingerprint density at radius 3 is 2.58 bits per heavy atom. The number of aromatic nitrogens is 1. The highest BCUT2D eigenvalue weighted by atomic mass is 32.2. The van der Waals surface area contributed by atoms with E-state index >= 15 is 0 Å². The fourth-order valence-corrected chi connectivity index (χ4v) is 5.39. The molecule has 3 atom stereocenters. The molecule has 0 radical (unpaired) electrons. The van der Waals surface area contributed by atoms with Gasteiger partial charge in [-0.25, -0.2) is 8.42 Å². The van der Waals surface area contributed by atoms with Crippen molar-refractivity contribution in [2.75, 3.05) is 26.7 Å². The third kappa shape index (κ3) is 4.89. The van der Waals surface area contributed by atoms with Crippen LogP contribution in [0.5, 0.6) is 5.75 Å². The number of likely N-dealkylation sites (N-methyl/N-ethyl adjacent to an activating group) is 1. The van der Waals surface area contributed by atoms with Crippen LogP contribution in [-0.2, 0) is 14.8 Å². The van der Waals surface area contributed by atoms with Gasteiger partial charge in [0.25, 0.3) is 0 Å². The summed E-state index contributed by atoms with van der Waals surface area (Å²) in [4.78, 5) is 17.4. The summed E-state index contributed by atoms with van der Waals surface area (Å²) in [5.41, 5.74) is 1.68. The quantitative estimate of drug-likeness (QED) is 0.753. The Morgan fingerprint density at radius 2 is 1.97 bits per heavy atom. The van der Waals surface area contributed by atoms with E-state index in [0.717, 1.165) is 11.1 Å². The van der Waals surface area contributed by atoms with E-state index in [1.165, 1.54) is 11.2 Å². The van der Waals surface area contributed by atoms with E-state index in [-0.39, 0.29) is 35.6 Å². The smallest absolute Gasteiger partial charge is 0.247 e. The van der Waals surface area contributed by atoms with Crippen LogP contribution in [-0.4, -0.2) is 72.5 Å². The van der Waals surface area contributed by atoms with Crippen LogP contribution in [0.3, 0.4) is 0 Å². The maximum atomic E-state index is 13.5. The number of fused-ring (bicyclic) bond motifs is 1. The number of ether oxygens (including phenoxy) is 1. The highest BCUT2D eigenvalue weighted by Crippen LogP contribution is 2.36. The first-order valence-corrected chi connectivity index (χ1v) is 11.6. The highest BCUT2D eigenvalue weighted by molar-refractivity contribution is 7.89. The molecule has 8 nitrogen and oxygen atoms in total. The number of carbonyl (C=O) groups is 1. The minimum Gasteiger partial charge on any atom is -0.487 e. The predicted molar refractivity (Wildman–Crippen MR) is 117 cm³/mol. The van der Waals surface area contributed by atoms with Crippen LogP contribution in [0.15, 0.2) is 47.6 Å². The molecule has 1 aliphatic heterocycles. The van der Waals surface area contributed by atoms with Gasteiger partial charge in [0, 0.05) is 44.9 Å². The van der Waals surface area contributed by atoms with Gasteiger partial charge in [0.1, 0.15) is 16.7 Å². The molecule has 1 aromatic carbocycles. The standard InChI is InChI=1S/C22H29N3O5S/c1-15-12-25(16(2)14-26)31(28,29)22-6-5-19(18-7-9-23-10-8-18)11-20(22)30-21(15)13-24(4)17(3)27/h5-11,15-16,21,26H,12-14H2,1-4H3/t15-,16-,21-/m1/s1. The Labute approximate surface area is 183 Å². The Hall–Kier alpha value is -2.49. The number of sulfonamides is 1. The van der Waals surface area contributed by atoms with Crippen molar-refractivity contribution in [1.82, 2.24) is 14.2 Å². The van der Waals surface area contributed by atoms with Gasteiger partial charge in [-0.1, -0.05) is 13.0 Å². The van der Waals surface area contributed by atoms with Crippen molar-refractivity contribution in [3.63, 3.8) is 0 Å². The lowest BCUT2D eigenvalue weighted by atomic mass is 10.0. The van der Waals surface area contributed by atoms with Crippen LogP contribution in [0.4, 0.5) is 0 Å². The Morgan fingerprint density at radius 1 is 1.29 bits per heavy atom. The summed E-state index contributed by atoms with van der Waals surface area (Å²) in [7, 11) is -2.21. The molecule has 1 amide bonds. The third-order valence-corrected chi connectivity index (χ3v) is 7.69. The van der Waals surface area contributed by atoms with E-state index in [9.17, 15) is 18.3 Å². The summed E-state index contributed by atoms with van der Waals surface area (Å²) in [5, 5.41) is 9.70. The van der Waals surface area contributed by atoms with Gasteiger partial charge >= 0.3 is 0 Å². The number of rotatable bonds is 5. The zero-order valence-electron chi connectivity index (χ0n) is 18.2. The minimum atomic E-state index is -3.90. The molecule has 168 valence electrons. The molecule has 0 saturated carbocycles. The van der Waals surface area contributed by atoms with Gasteiger partial charge in [-0.3, -0.25) is 9.78 Å². The van der Waals surface area contributed by atoms with Gasteiger partial charge in [-0.05, 0) is 42.3 Å². The van der Waals surface area contributed by atoms with E-state index in [4.69, 9.17) is 4.74 Å². The zero-order valence-corrected chi connectivity index (χ0v) is 19.0. The van der Waals surface area contributed by atoms with E-state index < -0.39 is 22.2 Å². The molecular formula is C22H29N3O5S. The molecule has 1 N–H and O–H groups in total. The molecule has 0 spiro atoms. The largest absolute Gasteiger partial charge is 0.487 e. The highest BCUT2D eigenvalue weighted by Gasteiger charge is 2.38. The number of hydrogen-bond donors (Lipinski definition) is 1. The fraction of sp³-hybridized carbons (Fsp3) is 0.455. The Balaban J connectivity index is 2.13. The number of hydrogen-bond acceptors (Lipinski definition) is 6. The molecular weight excluding hydrogens is 418 g/mol. The molecule has 2 heterocycles. The van der Waals surface area contributed by atoms with Crippen LogP contribution in [0.2, 0.25) is 0 Å². The van der Waals surface area contributed by atoms with Gasteiger partial charge in [-0.15, -0.1) is 0 Å². The van der Waals surface area contributed by atoms with Gasteiger partial charge in [0.15, 0.2) is 0 Å². The molecule has 0 unspecified atom stereocenters. The SMILES string of the molecule is CC(=O)N(C)C[C@H]1Oc2cc(-c3ccncc3)ccc2S(=O)(=O)N([C@H](C)CO)C[C@H]1C. The molecule has 0 aliphatic carbocycles. The molecule has 0 bridgehead atoms. The first-order valence-electron chi connectivity index (χ1n) is 10.2. The molecule has 0 saturated heterocycles. The topological polar surface area (TPSA) is 100 Å². The third-order valence-electron chi connectivity index (χ3n) is 5.67. The maximum Gasteiger partial charge on any atom is 0.247 e. The molecule has 2 aromatic rings. The summed E-state index contributed by atoms with van der Waals surface area (Å²) in [6.45, 7) is 5.24. The van der Waals surface area contributed by atoms with Crippen molar-refractivity contribution >= 4 is 15.9 Å². The zero-order chi connectivity index (χ0) is 22.8.